The summed E-state index contributed by atoms with van der Waals surface area (Å²) < 4.78 is 0. The molecule has 3 heteroatoms. The van der Waals surface area contributed by atoms with Crippen molar-refractivity contribution in [1.29, 1.82) is 0 Å². The lowest BCUT2D eigenvalue weighted by Gasteiger charge is -2.15. The number of rotatable bonds is 3. The van der Waals surface area contributed by atoms with Crippen molar-refractivity contribution in [3.63, 3.8) is 0 Å². The molecule has 3 nitrogen and oxygen atoms in total. The predicted molar refractivity (Wildman–Crippen MR) is 67.5 cm³/mol. The molecule has 1 heterocycles. The van der Waals surface area contributed by atoms with Gasteiger partial charge in [0.25, 0.3) is 11.7 Å². The fourth-order valence-electron chi connectivity index (χ4n) is 2.12. The molecule has 0 spiro atoms. The molecule has 0 fully saturated rings. The van der Waals surface area contributed by atoms with E-state index in [1.807, 2.05) is 25.1 Å². The van der Waals surface area contributed by atoms with Crippen LogP contribution in [-0.2, 0) is 4.79 Å². The van der Waals surface area contributed by atoms with Gasteiger partial charge in [-0.15, -0.1) is 0 Å². The molecule has 2 rings (SSSR count). The van der Waals surface area contributed by atoms with Gasteiger partial charge in [0.05, 0.1) is 11.3 Å². The summed E-state index contributed by atoms with van der Waals surface area (Å²) in [7, 11) is 0. The van der Waals surface area contributed by atoms with Gasteiger partial charge in [0.1, 0.15) is 0 Å². The zero-order chi connectivity index (χ0) is 12.6. The van der Waals surface area contributed by atoms with Gasteiger partial charge in [0, 0.05) is 6.54 Å². The van der Waals surface area contributed by atoms with Crippen LogP contribution in [-0.4, -0.2) is 18.2 Å². The Morgan fingerprint density at radius 3 is 2.53 bits per heavy atom. The second kappa shape index (κ2) is 4.32. The maximum atomic E-state index is 11.9. The van der Waals surface area contributed by atoms with Gasteiger partial charge in [0.15, 0.2) is 0 Å². The van der Waals surface area contributed by atoms with Crippen LogP contribution in [0.25, 0.3) is 0 Å². The van der Waals surface area contributed by atoms with Gasteiger partial charge in [-0.2, -0.15) is 0 Å². The van der Waals surface area contributed by atoms with Crippen molar-refractivity contribution in [1.82, 2.24) is 0 Å². The summed E-state index contributed by atoms with van der Waals surface area (Å²) in [5.41, 5.74) is 2.43. The Labute approximate surface area is 101 Å². The van der Waals surface area contributed by atoms with Crippen LogP contribution >= 0.6 is 0 Å². The SMILES string of the molecule is CCCN1C(=O)C(=O)c2cc(C(C)C)ccc21. The first-order chi connectivity index (χ1) is 8.06. The minimum absolute atomic E-state index is 0.364. The highest BCUT2D eigenvalue weighted by molar-refractivity contribution is 6.52. The molecule has 0 radical (unpaired) electrons. The predicted octanol–water partition coefficient (Wildman–Crippen LogP) is 2.75. The summed E-state index contributed by atoms with van der Waals surface area (Å²) >= 11 is 0. The van der Waals surface area contributed by atoms with E-state index in [1.54, 1.807) is 4.90 Å². The van der Waals surface area contributed by atoms with Gasteiger partial charge in [-0.3, -0.25) is 9.59 Å². The first-order valence-electron chi connectivity index (χ1n) is 6.06. The summed E-state index contributed by atoms with van der Waals surface area (Å²) in [4.78, 5) is 25.3. The molecule has 1 aliphatic rings. The minimum Gasteiger partial charge on any atom is -0.305 e. The molecule has 0 atom stereocenters. The second-order valence-electron chi connectivity index (χ2n) is 4.72. The highest BCUT2D eigenvalue weighted by atomic mass is 16.2. The molecule has 90 valence electrons. The van der Waals surface area contributed by atoms with Crippen molar-refractivity contribution < 1.29 is 9.59 Å². The number of Topliss-reactive ketones (excluding diaryl/α,β-unsaturated/α-hetero) is 1. The fraction of sp³-hybridized carbons (Fsp3) is 0.429. The van der Waals surface area contributed by atoms with Gasteiger partial charge < -0.3 is 4.90 Å². The molecule has 0 bridgehead atoms. The van der Waals surface area contributed by atoms with Crippen molar-refractivity contribution in [2.45, 2.75) is 33.1 Å². The highest BCUT2D eigenvalue weighted by Crippen LogP contribution is 2.31. The van der Waals surface area contributed by atoms with E-state index >= 15 is 0 Å². The number of nitrogens with zero attached hydrogens (tertiary/aromatic N) is 1. The smallest absolute Gasteiger partial charge is 0.299 e. The van der Waals surface area contributed by atoms with E-state index < -0.39 is 0 Å². The van der Waals surface area contributed by atoms with Gasteiger partial charge in [-0.25, -0.2) is 0 Å². The molecule has 0 N–H and O–H groups in total. The number of fused-ring (bicyclic) bond motifs is 1. The summed E-state index contributed by atoms with van der Waals surface area (Å²) in [5, 5.41) is 0. The van der Waals surface area contributed by atoms with Crippen molar-refractivity contribution >= 4 is 17.4 Å². The summed E-state index contributed by atoms with van der Waals surface area (Å²) in [6.45, 7) is 6.76. The van der Waals surface area contributed by atoms with E-state index in [9.17, 15) is 9.59 Å². The third kappa shape index (κ3) is 1.86. The number of hydrogen-bond donors (Lipinski definition) is 0. The molecule has 0 aromatic heterocycles. The summed E-state index contributed by atoms with van der Waals surface area (Å²) in [6, 6.07) is 5.75. The summed E-state index contributed by atoms with van der Waals surface area (Å²) in [6.07, 6.45) is 0.852. The third-order valence-electron chi connectivity index (χ3n) is 3.11. The largest absolute Gasteiger partial charge is 0.305 e. The number of carbonyl (C=O) groups is 2. The normalized spacial score (nSPS) is 14.7. The van der Waals surface area contributed by atoms with Crippen molar-refractivity contribution in [3.05, 3.63) is 29.3 Å². The Hall–Kier alpha value is -1.64. The van der Waals surface area contributed by atoms with Crippen LogP contribution in [0.15, 0.2) is 18.2 Å². The number of benzene rings is 1. The van der Waals surface area contributed by atoms with E-state index in [-0.39, 0.29) is 11.7 Å². The monoisotopic (exact) mass is 231 g/mol. The maximum absolute atomic E-state index is 11.9. The van der Waals surface area contributed by atoms with Crippen molar-refractivity contribution in [2.24, 2.45) is 0 Å². The number of anilines is 1. The molecule has 17 heavy (non-hydrogen) atoms. The lowest BCUT2D eigenvalue weighted by molar-refractivity contribution is -0.114. The quantitative estimate of drug-likeness (QED) is 0.750. The van der Waals surface area contributed by atoms with Gasteiger partial charge in [-0.1, -0.05) is 26.8 Å². The van der Waals surface area contributed by atoms with Crippen LogP contribution in [0.3, 0.4) is 0 Å². The number of amides is 1. The number of hydrogen-bond acceptors (Lipinski definition) is 2. The molecular weight excluding hydrogens is 214 g/mol. The molecule has 0 saturated heterocycles. The first-order valence-corrected chi connectivity index (χ1v) is 6.06. The maximum Gasteiger partial charge on any atom is 0.299 e. The zero-order valence-corrected chi connectivity index (χ0v) is 10.5. The average molecular weight is 231 g/mol. The van der Waals surface area contributed by atoms with Gasteiger partial charge in [0.2, 0.25) is 0 Å². The summed E-state index contributed by atoms with van der Waals surface area (Å²) in [5.74, 6) is -0.387. The third-order valence-corrected chi connectivity index (χ3v) is 3.11. The second-order valence-corrected chi connectivity index (χ2v) is 4.72. The van der Waals surface area contributed by atoms with Crippen LogP contribution in [0.4, 0.5) is 5.69 Å². The molecule has 0 aliphatic carbocycles. The number of ketones is 1. The Morgan fingerprint density at radius 2 is 1.94 bits per heavy atom. The average Bonchev–Trinajstić information content (AvgIpc) is 2.54. The van der Waals surface area contributed by atoms with Crippen LogP contribution < -0.4 is 4.90 Å². The molecule has 0 unspecified atom stereocenters. The van der Waals surface area contributed by atoms with E-state index in [2.05, 4.69) is 13.8 Å². The number of carbonyl (C=O) groups excluding carboxylic acids is 2. The van der Waals surface area contributed by atoms with Crippen LogP contribution in [0.5, 0.6) is 0 Å². The Morgan fingerprint density at radius 1 is 1.24 bits per heavy atom. The lowest BCUT2D eigenvalue weighted by atomic mass is 9.99. The van der Waals surface area contributed by atoms with Crippen LogP contribution in [0.1, 0.15) is 49.0 Å². The van der Waals surface area contributed by atoms with E-state index in [0.29, 0.717) is 18.0 Å². The Balaban J connectivity index is 2.47. The fourth-order valence-corrected chi connectivity index (χ4v) is 2.12. The Bertz CT molecular complexity index is 477. The molecule has 1 aromatic carbocycles. The highest BCUT2D eigenvalue weighted by Gasteiger charge is 2.35. The first kappa shape index (κ1) is 11.8. The van der Waals surface area contributed by atoms with E-state index in [1.165, 1.54) is 0 Å². The zero-order valence-electron chi connectivity index (χ0n) is 10.5. The minimum atomic E-state index is -0.386. The molecular formula is C14H17NO2. The van der Waals surface area contributed by atoms with Gasteiger partial charge in [-0.05, 0) is 30.0 Å². The van der Waals surface area contributed by atoms with Crippen LogP contribution in [0, 0.1) is 0 Å². The molecule has 1 aromatic rings. The van der Waals surface area contributed by atoms with E-state index in [0.717, 1.165) is 17.7 Å². The molecule has 1 aliphatic heterocycles. The lowest BCUT2D eigenvalue weighted by Crippen LogP contribution is -2.30. The van der Waals surface area contributed by atoms with Gasteiger partial charge >= 0.3 is 0 Å². The van der Waals surface area contributed by atoms with Crippen molar-refractivity contribution in [2.75, 3.05) is 11.4 Å². The molecule has 1 amide bonds. The molecule has 0 saturated carbocycles. The standard InChI is InChI=1S/C14H17NO2/c1-4-7-15-12-6-5-10(9(2)3)8-11(12)13(16)14(15)17/h5-6,8-9H,4,7H2,1-3H3. The van der Waals surface area contributed by atoms with E-state index in [4.69, 9.17) is 0 Å². The topological polar surface area (TPSA) is 37.4 Å². The van der Waals surface area contributed by atoms with Crippen LogP contribution in [0.2, 0.25) is 0 Å². The Kier molecular flexibility index (Phi) is 3.01. The van der Waals surface area contributed by atoms with Crippen molar-refractivity contribution in [3.8, 4) is 0 Å².